The van der Waals surface area contributed by atoms with Gasteiger partial charge in [0.25, 0.3) is 0 Å². The third-order valence-electron chi connectivity index (χ3n) is 9.42. The van der Waals surface area contributed by atoms with E-state index in [1.165, 1.54) is 87.6 Å². The van der Waals surface area contributed by atoms with Gasteiger partial charge in [-0.05, 0) is 106 Å². The molecule has 0 atom stereocenters. The molecular weight excluding hydrogens is 553 g/mol. The van der Waals surface area contributed by atoms with Crippen LogP contribution in [0.4, 0.5) is 0 Å². The maximum Gasteiger partial charge on any atom is -0.00262 e. The first-order valence-electron chi connectivity index (χ1n) is 15.9. The summed E-state index contributed by atoms with van der Waals surface area (Å²) in [4.78, 5) is 0. The van der Waals surface area contributed by atoms with Gasteiger partial charge in [-0.3, -0.25) is 0 Å². The zero-order valence-electron chi connectivity index (χ0n) is 25.3. The van der Waals surface area contributed by atoms with Gasteiger partial charge in [0.1, 0.15) is 0 Å². The number of fused-ring (bicyclic) bond motifs is 4. The van der Waals surface area contributed by atoms with Gasteiger partial charge in [0.15, 0.2) is 0 Å². The van der Waals surface area contributed by atoms with E-state index in [0.29, 0.717) is 0 Å². The molecule has 0 radical (unpaired) electrons. The van der Waals surface area contributed by atoms with Gasteiger partial charge in [0, 0.05) is 0 Å². The molecule has 0 unspecified atom stereocenters. The normalized spacial score (nSPS) is 11.5. The van der Waals surface area contributed by atoms with E-state index < -0.39 is 0 Å². The zero-order valence-corrected chi connectivity index (χ0v) is 25.3. The summed E-state index contributed by atoms with van der Waals surface area (Å²) in [6.45, 7) is 0. The van der Waals surface area contributed by atoms with E-state index in [1.54, 1.807) is 0 Å². The number of rotatable bonds is 4. The predicted molar refractivity (Wildman–Crippen MR) is 198 cm³/mol. The Morgan fingerprint density at radius 1 is 0.217 bits per heavy atom. The summed E-state index contributed by atoms with van der Waals surface area (Å²) >= 11 is 0. The first kappa shape index (κ1) is 26.4. The molecule has 0 aromatic heterocycles. The first-order chi connectivity index (χ1) is 22.8. The average molecular weight is 583 g/mol. The van der Waals surface area contributed by atoms with Crippen molar-refractivity contribution in [3.63, 3.8) is 0 Å². The fourth-order valence-corrected chi connectivity index (χ4v) is 7.27. The van der Waals surface area contributed by atoms with Crippen LogP contribution in [0.25, 0.3) is 87.6 Å². The molecule has 0 amide bonds. The Hall–Kier alpha value is -5.98. The summed E-state index contributed by atoms with van der Waals surface area (Å²) in [5.41, 5.74) is 10.0. The van der Waals surface area contributed by atoms with Crippen molar-refractivity contribution in [2.75, 3.05) is 0 Å². The standard InChI is InChI=1S/C46H30/c1-2-13-33(14-3-1)45-41-18-8-10-20-43(41)46(44-21-11-9-19-42(44)45)37-27-24-32-23-26-36(29-38(32)30-37)40-17-7-6-16-39(40)35-25-22-31-12-4-5-15-34(31)28-35/h1-30H. The lowest BCUT2D eigenvalue weighted by Gasteiger charge is -2.18. The summed E-state index contributed by atoms with van der Waals surface area (Å²) in [5.74, 6) is 0. The van der Waals surface area contributed by atoms with Crippen molar-refractivity contribution >= 4 is 43.1 Å². The van der Waals surface area contributed by atoms with E-state index in [0.717, 1.165) is 0 Å². The lowest BCUT2D eigenvalue weighted by Crippen LogP contribution is -1.91. The van der Waals surface area contributed by atoms with Gasteiger partial charge in [-0.2, -0.15) is 0 Å². The van der Waals surface area contributed by atoms with E-state index in [-0.39, 0.29) is 0 Å². The smallest absolute Gasteiger partial charge is 0.00262 e. The fourth-order valence-electron chi connectivity index (χ4n) is 7.27. The van der Waals surface area contributed by atoms with Crippen LogP contribution in [0.5, 0.6) is 0 Å². The quantitative estimate of drug-likeness (QED) is 0.181. The minimum Gasteiger partial charge on any atom is -0.0622 e. The Kier molecular flexibility index (Phi) is 6.25. The molecule has 214 valence electrons. The van der Waals surface area contributed by atoms with Gasteiger partial charge in [0.2, 0.25) is 0 Å². The molecule has 0 aliphatic heterocycles. The van der Waals surface area contributed by atoms with Gasteiger partial charge in [0.05, 0.1) is 0 Å². The van der Waals surface area contributed by atoms with Crippen LogP contribution >= 0.6 is 0 Å². The maximum atomic E-state index is 2.38. The minimum absolute atomic E-state index is 1.22. The predicted octanol–water partition coefficient (Wildman–Crippen LogP) is 13.0. The first-order valence-corrected chi connectivity index (χ1v) is 15.9. The molecule has 0 aliphatic rings. The Morgan fingerprint density at radius 3 is 1.20 bits per heavy atom. The molecule has 0 aliphatic carbocycles. The number of benzene rings is 9. The van der Waals surface area contributed by atoms with Crippen LogP contribution in [0.2, 0.25) is 0 Å². The molecule has 0 nitrogen and oxygen atoms in total. The van der Waals surface area contributed by atoms with Gasteiger partial charge in [-0.1, -0.05) is 164 Å². The molecule has 0 saturated heterocycles. The topological polar surface area (TPSA) is 0 Å². The molecule has 0 saturated carbocycles. The molecule has 9 aromatic rings. The van der Waals surface area contributed by atoms with Crippen LogP contribution in [0.3, 0.4) is 0 Å². The summed E-state index contributed by atoms with van der Waals surface area (Å²) in [7, 11) is 0. The van der Waals surface area contributed by atoms with Gasteiger partial charge < -0.3 is 0 Å². The fraction of sp³-hybridized carbons (Fsp3) is 0. The van der Waals surface area contributed by atoms with Crippen LogP contribution in [0, 0.1) is 0 Å². The van der Waals surface area contributed by atoms with Crippen molar-refractivity contribution in [2.45, 2.75) is 0 Å². The highest BCUT2D eigenvalue weighted by Gasteiger charge is 2.17. The van der Waals surface area contributed by atoms with Crippen molar-refractivity contribution in [3.8, 4) is 44.5 Å². The monoisotopic (exact) mass is 582 g/mol. The SMILES string of the molecule is c1ccc(-c2c3ccccc3c(-c3ccc4ccc(-c5ccccc5-c5ccc6ccccc6c5)cc4c3)c3ccccc23)cc1. The van der Waals surface area contributed by atoms with Gasteiger partial charge in [-0.15, -0.1) is 0 Å². The molecule has 0 spiro atoms. The van der Waals surface area contributed by atoms with E-state index in [9.17, 15) is 0 Å². The highest BCUT2D eigenvalue weighted by atomic mass is 14.2. The van der Waals surface area contributed by atoms with Crippen molar-refractivity contribution in [2.24, 2.45) is 0 Å². The number of hydrogen-bond donors (Lipinski definition) is 0. The van der Waals surface area contributed by atoms with Gasteiger partial charge in [-0.25, -0.2) is 0 Å². The molecular formula is C46H30. The van der Waals surface area contributed by atoms with Crippen LogP contribution in [-0.2, 0) is 0 Å². The molecule has 9 aromatic carbocycles. The summed E-state index contributed by atoms with van der Waals surface area (Å²) < 4.78 is 0. The van der Waals surface area contributed by atoms with Crippen molar-refractivity contribution in [3.05, 3.63) is 182 Å². The Bertz CT molecular complexity index is 2520. The van der Waals surface area contributed by atoms with E-state index in [4.69, 9.17) is 0 Å². The lowest BCUT2D eigenvalue weighted by atomic mass is 9.85. The molecule has 0 heterocycles. The Morgan fingerprint density at radius 2 is 0.609 bits per heavy atom. The highest BCUT2D eigenvalue weighted by molar-refractivity contribution is 6.21. The van der Waals surface area contributed by atoms with Crippen LogP contribution < -0.4 is 0 Å². The molecule has 0 heteroatoms. The minimum atomic E-state index is 1.22. The van der Waals surface area contributed by atoms with E-state index in [2.05, 4.69) is 182 Å². The Labute approximate surface area is 268 Å². The second kappa shape index (κ2) is 10.9. The van der Waals surface area contributed by atoms with Crippen LogP contribution in [0.15, 0.2) is 182 Å². The van der Waals surface area contributed by atoms with Crippen LogP contribution in [0.1, 0.15) is 0 Å². The number of hydrogen-bond acceptors (Lipinski definition) is 0. The highest BCUT2D eigenvalue weighted by Crippen LogP contribution is 2.44. The zero-order chi connectivity index (χ0) is 30.5. The van der Waals surface area contributed by atoms with Crippen molar-refractivity contribution in [1.82, 2.24) is 0 Å². The summed E-state index contributed by atoms with van der Waals surface area (Å²) in [6, 6.07) is 66.5. The van der Waals surface area contributed by atoms with Gasteiger partial charge >= 0.3 is 0 Å². The third kappa shape index (κ3) is 4.38. The third-order valence-corrected chi connectivity index (χ3v) is 9.42. The van der Waals surface area contributed by atoms with Crippen LogP contribution in [-0.4, -0.2) is 0 Å². The second-order valence-corrected chi connectivity index (χ2v) is 12.1. The maximum absolute atomic E-state index is 2.38. The molecule has 46 heavy (non-hydrogen) atoms. The average Bonchev–Trinajstić information content (AvgIpc) is 3.13. The largest absolute Gasteiger partial charge is 0.0622 e. The van der Waals surface area contributed by atoms with E-state index >= 15 is 0 Å². The Balaban J connectivity index is 1.24. The second-order valence-electron chi connectivity index (χ2n) is 12.1. The van der Waals surface area contributed by atoms with E-state index in [1.807, 2.05) is 0 Å². The summed E-state index contributed by atoms with van der Waals surface area (Å²) in [6.07, 6.45) is 0. The molecule has 0 bridgehead atoms. The van der Waals surface area contributed by atoms with Crippen molar-refractivity contribution < 1.29 is 0 Å². The van der Waals surface area contributed by atoms with Crippen molar-refractivity contribution in [1.29, 1.82) is 0 Å². The lowest BCUT2D eigenvalue weighted by molar-refractivity contribution is 1.61. The molecule has 0 N–H and O–H groups in total. The molecule has 0 fully saturated rings. The summed E-state index contributed by atoms with van der Waals surface area (Å²) in [5, 5.41) is 10.1. The molecule has 9 rings (SSSR count).